The van der Waals surface area contributed by atoms with Gasteiger partial charge in [-0.05, 0) is 38.3 Å². The summed E-state index contributed by atoms with van der Waals surface area (Å²) in [6.45, 7) is 3.13. The van der Waals surface area contributed by atoms with Gasteiger partial charge < -0.3 is 14.4 Å². The van der Waals surface area contributed by atoms with Crippen LogP contribution in [-0.4, -0.2) is 34.6 Å². The topological polar surface area (TPSA) is 53.7 Å². The van der Waals surface area contributed by atoms with Crippen molar-refractivity contribution < 1.29 is 14.3 Å². The van der Waals surface area contributed by atoms with Crippen molar-refractivity contribution in [2.45, 2.75) is 44.6 Å². The zero-order valence-electron chi connectivity index (χ0n) is 11.4. The van der Waals surface area contributed by atoms with Gasteiger partial charge in [-0.2, -0.15) is 0 Å². The van der Waals surface area contributed by atoms with Crippen LogP contribution in [0.3, 0.4) is 0 Å². The van der Waals surface area contributed by atoms with Gasteiger partial charge in [-0.3, -0.25) is 4.79 Å². The number of fused-ring (bicyclic) bond motifs is 1. The maximum Gasteiger partial charge on any atom is 0.289 e. The summed E-state index contributed by atoms with van der Waals surface area (Å²) in [5.41, 5.74) is -0.534. The molecule has 0 bridgehead atoms. The molecule has 104 valence electrons. The minimum absolute atomic E-state index is 0.0410. The number of furan rings is 1. The predicted molar refractivity (Wildman–Crippen MR) is 70.9 cm³/mol. The number of nitrogens with zero attached hydrogens (tertiary/aromatic N) is 1. The molecule has 0 spiro atoms. The standard InChI is InChI=1S/C15H21NO3/c1-11-5-6-13(19-11)14(17)16-9-8-15(18)7-3-2-4-12(15)10-16/h5-6,12,18H,2-4,7-10H2,1H3. The molecule has 2 atom stereocenters. The Morgan fingerprint density at radius 2 is 2.26 bits per heavy atom. The fourth-order valence-electron chi connectivity index (χ4n) is 3.46. The highest BCUT2D eigenvalue weighted by molar-refractivity contribution is 5.91. The Bertz CT molecular complexity index is 481. The quantitative estimate of drug-likeness (QED) is 0.846. The van der Waals surface area contributed by atoms with Crippen molar-refractivity contribution in [3.63, 3.8) is 0 Å². The highest BCUT2D eigenvalue weighted by Crippen LogP contribution is 2.40. The average molecular weight is 263 g/mol. The molecule has 1 aliphatic heterocycles. The third-order valence-corrected chi connectivity index (χ3v) is 4.67. The lowest BCUT2D eigenvalue weighted by Crippen LogP contribution is -2.54. The molecule has 1 aromatic heterocycles. The van der Waals surface area contributed by atoms with E-state index >= 15 is 0 Å². The summed E-state index contributed by atoms with van der Waals surface area (Å²) >= 11 is 0. The number of hydrogen-bond donors (Lipinski definition) is 1. The summed E-state index contributed by atoms with van der Waals surface area (Å²) in [6, 6.07) is 3.55. The molecule has 19 heavy (non-hydrogen) atoms. The second kappa shape index (κ2) is 4.67. The van der Waals surface area contributed by atoms with E-state index in [1.54, 1.807) is 6.07 Å². The van der Waals surface area contributed by atoms with Crippen LogP contribution in [0.4, 0.5) is 0 Å². The maximum atomic E-state index is 12.3. The van der Waals surface area contributed by atoms with E-state index < -0.39 is 5.60 Å². The van der Waals surface area contributed by atoms with Gasteiger partial charge in [0, 0.05) is 19.0 Å². The van der Waals surface area contributed by atoms with Crippen molar-refractivity contribution in [1.29, 1.82) is 0 Å². The van der Waals surface area contributed by atoms with Crippen LogP contribution in [0, 0.1) is 12.8 Å². The average Bonchev–Trinajstić information content (AvgIpc) is 2.83. The fraction of sp³-hybridized carbons (Fsp3) is 0.667. The summed E-state index contributed by atoms with van der Waals surface area (Å²) in [4.78, 5) is 14.2. The first-order chi connectivity index (χ1) is 9.08. The minimum atomic E-state index is -0.534. The van der Waals surface area contributed by atoms with Crippen LogP contribution in [0.2, 0.25) is 0 Å². The third-order valence-electron chi connectivity index (χ3n) is 4.67. The number of amides is 1. The van der Waals surface area contributed by atoms with E-state index in [9.17, 15) is 9.90 Å². The first kappa shape index (κ1) is 12.7. The van der Waals surface area contributed by atoms with E-state index in [0.29, 0.717) is 25.3 Å². The number of piperidine rings is 1. The predicted octanol–water partition coefficient (Wildman–Crippen LogP) is 2.36. The molecule has 2 heterocycles. The van der Waals surface area contributed by atoms with Crippen molar-refractivity contribution in [2.24, 2.45) is 5.92 Å². The summed E-state index contributed by atoms with van der Waals surface area (Å²) in [5, 5.41) is 10.6. The summed E-state index contributed by atoms with van der Waals surface area (Å²) < 4.78 is 5.41. The van der Waals surface area contributed by atoms with E-state index in [1.165, 1.54) is 0 Å². The monoisotopic (exact) mass is 263 g/mol. The molecule has 1 saturated heterocycles. The highest BCUT2D eigenvalue weighted by atomic mass is 16.3. The number of likely N-dealkylation sites (tertiary alicyclic amines) is 1. The summed E-state index contributed by atoms with van der Waals surface area (Å²) in [7, 11) is 0. The van der Waals surface area contributed by atoms with E-state index in [1.807, 2.05) is 17.9 Å². The van der Waals surface area contributed by atoms with Gasteiger partial charge >= 0.3 is 0 Å². The molecule has 0 aromatic carbocycles. The van der Waals surface area contributed by atoms with Gasteiger partial charge in [0.2, 0.25) is 0 Å². The largest absolute Gasteiger partial charge is 0.456 e. The molecule has 2 aliphatic rings. The van der Waals surface area contributed by atoms with Gasteiger partial charge in [-0.1, -0.05) is 12.8 Å². The third kappa shape index (κ3) is 2.29. The molecule has 4 nitrogen and oxygen atoms in total. The van der Waals surface area contributed by atoms with Crippen LogP contribution in [-0.2, 0) is 0 Å². The van der Waals surface area contributed by atoms with Crippen molar-refractivity contribution >= 4 is 5.91 Å². The molecule has 1 N–H and O–H groups in total. The van der Waals surface area contributed by atoms with Gasteiger partial charge in [0.25, 0.3) is 5.91 Å². The molecule has 1 saturated carbocycles. The Morgan fingerprint density at radius 3 is 3.00 bits per heavy atom. The summed E-state index contributed by atoms with van der Waals surface area (Å²) in [6.07, 6.45) is 4.88. The Kier molecular flexibility index (Phi) is 3.13. The molecular formula is C15H21NO3. The molecule has 4 heteroatoms. The molecular weight excluding hydrogens is 242 g/mol. The number of carbonyl (C=O) groups is 1. The van der Waals surface area contributed by atoms with Gasteiger partial charge in [0.1, 0.15) is 5.76 Å². The number of carbonyl (C=O) groups excluding carboxylic acids is 1. The Morgan fingerprint density at radius 1 is 1.42 bits per heavy atom. The first-order valence-electron chi connectivity index (χ1n) is 7.17. The minimum Gasteiger partial charge on any atom is -0.456 e. The second-order valence-corrected chi connectivity index (χ2v) is 5.96. The Labute approximate surface area is 113 Å². The Balaban J connectivity index is 1.72. The van der Waals surface area contributed by atoms with Gasteiger partial charge in [-0.15, -0.1) is 0 Å². The molecule has 0 radical (unpaired) electrons. The lowest BCUT2D eigenvalue weighted by atomic mass is 9.71. The SMILES string of the molecule is Cc1ccc(C(=O)N2CCC3(O)CCCCC3C2)o1. The smallest absolute Gasteiger partial charge is 0.289 e. The van der Waals surface area contributed by atoms with Gasteiger partial charge in [0.05, 0.1) is 5.60 Å². The van der Waals surface area contributed by atoms with Crippen LogP contribution in [0.1, 0.15) is 48.4 Å². The Hall–Kier alpha value is -1.29. The highest BCUT2D eigenvalue weighted by Gasteiger charge is 2.44. The van der Waals surface area contributed by atoms with Crippen LogP contribution in [0.25, 0.3) is 0 Å². The molecule has 1 amide bonds. The van der Waals surface area contributed by atoms with Crippen LogP contribution in [0.15, 0.2) is 16.5 Å². The zero-order valence-corrected chi connectivity index (χ0v) is 11.4. The molecule has 1 aromatic rings. The van der Waals surface area contributed by atoms with Crippen molar-refractivity contribution in [1.82, 2.24) is 4.90 Å². The van der Waals surface area contributed by atoms with E-state index in [0.717, 1.165) is 31.4 Å². The molecule has 3 rings (SSSR count). The van der Waals surface area contributed by atoms with Crippen LogP contribution < -0.4 is 0 Å². The molecule has 2 fully saturated rings. The van der Waals surface area contributed by atoms with Gasteiger partial charge in [0.15, 0.2) is 5.76 Å². The lowest BCUT2D eigenvalue weighted by Gasteiger charge is -2.47. The van der Waals surface area contributed by atoms with Gasteiger partial charge in [-0.25, -0.2) is 0 Å². The van der Waals surface area contributed by atoms with E-state index in [2.05, 4.69) is 0 Å². The number of aliphatic hydroxyl groups is 1. The number of hydrogen-bond acceptors (Lipinski definition) is 3. The van der Waals surface area contributed by atoms with Crippen molar-refractivity contribution in [3.8, 4) is 0 Å². The van der Waals surface area contributed by atoms with Crippen molar-refractivity contribution in [2.75, 3.05) is 13.1 Å². The zero-order chi connectivity index (χ0) is 13.5. The van der Waals surface area contributed by atoms with E-state index in [-0.39, 0.29) is 11.8 Å². The maximum absolute atomic E-state index is 12.3. The fourth-order valence-corrected chi connectivity index (χ4v) is 3.46. The lowest BCUT2D eigenvalue weighted by molar-refractivity contribution is -0.0889. The number of rotatable bonds is 1. The number of aryl methyl sites for hydroxylation is 1. The molecule has 2 unspecified atom stereocenters. The van der Waals surface area contributed by atoms with E-state index in [4.69, 9.17) is 4.42 Å². The summed E-state index contributed by atoms with van der Waals surface area (Å²) in [5.74, 6) is 1.36. The van der Waals surface area contributed by atoms with Crippen LogP contribution >= 0.6 is 0 Å². The van der Waals surface area contributed by atoms with Crippen LogP contribution in [0.5, 0.6) is 0 Å². The first-order valence-corrected chi connectivity index (χ1v) is 7.17. The van der Waals surface area contributed by atoms with Crippen molar-refractivity contribution in [3.05, 3.63) is 23.7 Å². The molecule has 1 aliphatic carbocycles. The second-order valence-electron chi connectivity index (χ2n) is 5.96. The normalized spacial score (nSPS) is 31.1.